The summed E-state index contributed by atoms with van der Waals surface area (Å²) in [5.74, 6) is 0.597. The molecule has 2 N–H and O–H groups in total. The zero-order valence-electron chi connectivity index (χ0n) is 13.5. The summed E-state index contributed by atoms with van der Waals surface area (Å²) in [4.78, 5) is 20.5. The molecule has 0 radical (unpaired) electrons. The van der Waals surface area contributed by atoms with E-state index < -0.39 is 0 Å². The summed E-state index contributed by atoms with van der Waals surface area (Å²) >= 11 is 0. The molecule has 7 nitrogen and oxygen atoms in total. The van der Waals surface area contributed by atoms with Crippen molar-refractivity contribution >= 4 is 11.7 Å². The zero-order chi connectivity index (χ0) is 16.3. The molecule has 2 heterocycles. The molecule has 120 valence electrons. The number of nitrogens with one attached hydrogen (secondary N) is 1. The topological polar surface area (TPSA) is 92.4 Å². The molecule has 0 saturated heterocycles. The molecule has 7 heteroatoms. The number of hydrogen-bond donors (Lipinski definition) is 2. The van der Waals surface area contributed by atoms with Gasteiger partial charge < -0.3 is 10.4 Å². The fourth-order valence-corrected chi connectivity index (χ4v) is 2.38. The maximum absolute atomic E-state index is 12.0. The molecule has 1 amide bonds. The lowest BCUT2D eigenvalue weighted by Gasteiger charge is -2.19. The van der Waals surface area contributed by atoms with E-state index in [-0.39, 0.29) is 24.5 Å². The second-order valence-electron chi connectivity index (χ2n) is 5.75. The summed E-state index contributed by atoms with van der Waals surface area (Å²) < 4.78 is 1.69. The van der Waals surface area contributed by atoms with Crippen LogP contribution >= 0.6 is 0 Å². The molecule has 0 fully saturated rings. The molecule has 22 heavy (non-hydrogen) atoms. The Kier molecular flexibility index (Phi) is 5.07. The molecule has 0 aliphatic heterocycles. The first-order chi connectivity index (χ1) is 10.4. The molecule has 2 aromatic rings. The third-order valence-corrected chi connectivity index (χ3v) is 4.12. The van der Waals surface area contributed by atoms with E-state index in [0.29, 0.717) is 18.6 Å². The first-order valence-electron chi connectivity index (χ1n) is 7.50. The largest absolute Gasteiger partial charge is 0.396 e. The molecular weight excluding hydrogens is 282 g/mol. The van der Waals surface area contributed by atoms with Crippen molar-refractivity contribution in [3.63, 3.8) is 0 Å². The Morgan fingerprint density at radius 2 is 2.14 bits per heavy atom. The number of rotatable bonds is 6. The van der Waals surface area contributed by atoms with Crippen LogP contribution in [0.25, 0.3) is 5.78 Å². The highest BCUT2D eigenvalue weighted by Crippen LogP contribution is 2.15. The quantitative estimate of drug-likeness (QED) is 0.824. The summed E-state index contributed by atoms with van der Waals surface area (Å²) in [5.41, 5.74) is 2.86. The molecule has 2 unspecified atom stereocenters. The van der Waals surface area contributed by atoms with Gasteiger partial charge in [0.2, 0.25) is 5.91 Å². The number of aromatic nitrogens is 4. The van der Waals surface area contributed by atoms with Gasteiger partial charge in [-0.2, -0.15) is 10.1 Å². The van der Waals surface area contributed by atoms with Crippen LogP contribution in [0.4, 0.5) is 0 Å². The minimum absolute atomic E-state index is 0.0229. The molecule has 2 aromatic heterocycles. The first-order valence-corrected chi connectivity index (χ1v) is 7.50. The number of aliphatic hydroxyl groups is 1. The predicted octanol–water partition coefficient (Wildman–Crippen LogP) is 0.807. The number of aryl methyl sites for hydroxylation is 2. The second kappa shape index (κ2) is 6.83. The number of fused-ring (bicyclic) bond motifs is 1. The number of nitrogens with zero attached hydrogens (tertiary/aromatic N) is 4. The molecule has 0 bridgehead atoms. The maximum Gasteiger partial charge on any atom is 0.252 e. The van der Waals surface area contributed by atoms with Crippen LogP contribution in [0, 0.1) is 19.8 Å². The Morgan fingerprint density at radius 3 is 2.82 bits per heavy atom. The van der Waals surface area contributed by atoms with E-state index in [9.17, 15) is 4.79 Å². The smallest absolute Gasteiger partial charge is 0.252 e. The fraction of sp³-hybridized carbons (Fsp3) is 0.600. The van der Waals surface area contributed by atoms with Crippen LogP contribution in [0.15, 0.2) is 6.33 Å². The van der Waals surface area contributed by atoms with E-state index in [1.54, 1.807) is 4.52 Å². The fourth-order valence-electron chi connectivity index (χ4n) is 2.38. The molecule has 2 atom stereocenters. The standard InChI is InChI=1S/C15H23N5O2/c1-9(7-21)10(2)18-14(22)6-5-13-11(3)19-15-16-8-17-20(15)12(13)4/h8-10,21H,5-7H2,1-4H3,(H,18,22). The van der Waals surface area contributed by atoms with E-state index in [1.807, 2.05) is 27.7 Å². The minimum Gasteiger partial charge on any atom is -0.396 e. The Morgan fingerprint density at radius 1 is 1.41 bits per heavy atom. The lowest BCUT2D eigenvalue weighted by molar-refractivity contribution is -0.122. The summed E-state index contributed by atoms with van der Waals surface area (Å²) in [6.07, 6.45) is 2.46. The average molecular weight is 305 g/mol. The van der Waals surface area contributed by atoms with Gasteiger partial charge >= 0.3 is 0 Å². The van der Waals surface area contributed by atoms with Crippen LogP contribution in [0.2, 0.25) is 0 Å². The molecule has 0 spiro atoms. The van der Waals surface area contributed by atoms with Crippen LogP contribution < -0.4 is 5.32 Å². The van der Waals surface area contributed by atoms with Crippen molar-refractivity contribution in [3.05, 3.63) is 23.3 Å². The lowest BCUT2D eigenvalue weighted by Crippen LogP contribution is -2.38. The zero-order valence-corrected chi connectivity index (χ0v) is 13.5. The summed E-state index contributed by atoms with van der Waals surface area (Å²) in [6.45, 7) is 7.75. The molecule has 0 aliphatic carbocycles. The van der Waals surface area contributed by atoms with Gasteiger partial charge in [-0.25, -0.2) is 9.50 Å². The Bertz CT molecular complexity index is 667. The third kappa shape index (κ3) is 3.41. The van der Waals surface area contributed by atoms with Crippen molar-refractivity contribution in [2.45, 2.75) is 46.6 Å². The number of carbonyl (C=O) groups excluding carboxylic acids is 1. The van der Waals surface area contributed by atoms with Gasteiger partial charge in [0.25, 0.3) is 5.78 Å². The van der Waals surface area contributed by atoms with Crippen LogP contribution in [0.1, 0.15) is 37.2 Å². The van der Waals surface area contributed by atoms with Crippen molar-refractivity contribution in [3.8, 4) is 0 Å². The normalized spacial score (nSPS) is 14.0. The van der Waals surface area contributed by atoms with Crippen molar-refractivity contribution in [2.75, 3.05) is 6.61 Å². The van der Waals surface area contributed by atoms with Crippen LogP contribution in [-0.4, -0.2) is 43.2 Å². The van der Waals surface area contributed by atoms with E-state index in [1.165, 1.54) is 6.33 Å². The monoisotopic (exact) mass is 305 g/mol. The predicted molar refractivity (Wildman–Crippen MR) is 82.4 cm³/mol. The van der Waals surface area contributed by atoms with Crippen molar-refractivity contribution < 1.29 is 9.90 Å². The number of amides is 1. The third-order valence-electron chi connectivity index (χ3n) is 4.12. The molecule has 2 rings (SSSR count). The van der Waals surface area contributed by atoms with Crippen LogP contribution in [0.3, 0.4) is 0 Å². The summed E-state index contributed by atoms with van der Waals surface area (Å²) in [5, 5.41) is 16.2. The van der Waals surface area contributed by atoms with E-state index in [4.69, 9.17) is 5.11 Å². The highest BCUT2D eigenvalue weighted by atomic mass is 16.3. The SMILES string of the molecule is Cc1nc2ncnn2c(C)c1CCC(=O)NC(C)C(C)CO. The highest BCUT2D eigenvalue weighted by Gasteiger charge is 2.16. The Balaban J connectivity index is 2.04. The van der Waals surface area contributed by atoms with Crippen molar-refractivity contribution in [2.24, 2.45) is 5.92 Å². The number of carbonyl (C=O) groups is 1. The van der Waals surface area contributed by atoms with Gasteiger partial charge in [0.05, 0.1) is 0 Å². The highest BCUT2D eigenvalue weighted by molar-refractivity contribution is 5.76. The van der Waals surface area contributed by atoms with Gasteiger partial charge in [-0.15, -0.1) is 0 Å². The average Bonchev–Trinajstić information content (AvgIpc) is 2.94. The number of aliphatic hydroxyl groups excluding tert-OH is 1. The Hall–Kier alpha value is -2.02. The van der Waals surface area contributed by atoms with Gasteiger partial charge in [-0.3, -0.25) is 4.79 Å². The van der Waals surface area contributed by atoms with Crippen molar-refractivity contribution in [1.82, 2.24) is 24.9 Å². The van der Waals surface area contributed by atoms with Gasteiger partial charge in [0, 0.05) is 30.5 Å². The molecular formula is C15H23N5O2. The minimum atomic E-state index is -0.0457. The molecule has 0 aromatic carbocycles. The first kappa shape index (κ1) is 16.4. The van der Waals surface area contributed by atoms with E-state index >= 15 is 0 Å². The maximum atomic E-state index is 12.0. The van der Waals surface area contributed by atoms with Gasteiger partial charge in [-0.1, -0.05) is 6.92 Å². The van der Waals surface area contributed by atoms with Crippen molar-refractivity contribution in [1.29, 1.82) is 0 Å². The second-order valence-corrected chi connectivity index (χ2v) is 5.75. The summed E-state index contributed by atoms with van der Waals surface area (Å²) in [6, 6.07) is -0.0457. The van der Waals surface area contributed by atoms with E-state index in [0.717, 1.165) is 17.0 Å². The molecule has 0 aliphatic rings. The van der Waals surface area contributed by atoms with Crippen LogP contribution in [-0.2, 0) is 11.2 Å². The van der Waals surface area contributed by atoms with Gasteiger partial charge in [0.15, 0.2) is 0 Å². The lowest BCUT2D eigenvalue weighted by atomic mass is 10.0. The van der Waals surface area contributed by atoms with Crippen LogP contribution in [0.5, 0.6) is 0 Å². The Labute approximate surface area is 129 Å². The van der Waals surface area contributed by atoms with Gasteiger partial charge in [0.1, 0.15) is 6.33 Å². The van der Waals surface area contributed by atoms with E-state index in [2.05, 4.69) is 20.4 Å². The van der Waals surface area contributed by atoms with Gasteiger partial charge in [-0.05, 0) is 38.7 Å². The molecule has 0 saturated carbocycles. The summed E-state index contributed by atoms with van der Waals surface area (Å²) in [7, 11) is 0. The number of hydrogen-bond acceptors (Lipinski definition) is 5.